The molecule has 1 aromatic rings. The molecule has 0 spiro atoms. The van der Waals surface area contributed by atoms with Crippen LogP contribution in [0.15, 0.2) is 18.3 Å². The van der Waals surface area contributed by atoms with Crippen LogP contribution in [0.1, 0.15) is 18.2 Å². The van der Waals surface area contributed by atoms with E-state index in [2.05, 4.69) is 17.2 Å². The van der Waals surface area contributed by atoms with Crippen molar-refractivity contribution in [1.82, 2.24) is 15.2 Å². The molecule has 1 saturated heterocycles. The van der Waals surface area contributed by atoms with Crippen LogP contribution in [0.2, 0.25) is 0 Å². The van der Waals surface area contributed by atoms with Gasteiger partial charge in [-0.25, -0.2) is 0 Å². The van der Waals surface area contributed by atoms with Crippen LogP contribution in [0.25, 0.3) is 0 Å². The Morgan fingerprint density at radius 3 is 2.71 bits per heavy atom. The highest BCUT2D eigenvalue weighted by Crippen LogP contribution is 2.10. The summed E-state index contributed by atoms with van der Waals surface area (Å²) in [5.41, 5.74) is 2.10. The molecule has 0 aliphatic carbocycles. The summed E-state index contributed by atoms with van der Waals surface area (Å²) in [7, 11) is 0. The molecule has 1 fully saturated rings. The SMILES string of the molecule is CCc1cccnc1CN1CC(=O)NC(=O)C1. The van der Waals surface area contributed by atoms with Crippen molar-refractivity contribution in [2.24, 2.45) is 0 Å². The van der Waals surface area contributed by atoms with Crippen molar-refractivity contribution in [2.45, 2.75) is 19.9 Å². The monoisotopic (exact) mass is 233 g/mol. The van der Waals surface area contributed by atoms with E-state index >= 15 is 0 Å². The molecule has 0 unspecified atom stereocenters. The number of hydrogen-bond donors (Lipinski definition) is 1. The number of amides is 2. The molecule has 1 aromatic heterocycles. The lowest BCUT2D eigenvalue weighted by Crippen LogP contribution is -2.51. The van der Waals surface area contributed by atoms with E-state index in [0.717, 1.165) is 17.7 Å². The Morgan fingerprint density at radius 2 is 2.06 bits per heavy atom. The molecule has 0 saturated carbocycles. The van der Waals surface area contributed by atoms with Crippen LogP contribution >= 0.6 is 0 Å². The van der Waals surface area contributed by atoms with Gasteiger partial charge < -0.3 is 0 Å². The summed E-state index contributed by atoms with van der Waals surface area (Å²) in [4.78, 5) is 28.6. The molecular formula is C12H15N3O2. The van der Waals surface area contributed by atoms with Crippen molar-refractivity contribution in [2.75, 3.05) is 13.1 Å². The third-order valence-corrected chi connectivity index (χ3v) is 2.75. The van der Waals surface area contributed by atoms with Gasteiger partial charge in [-0.05, 0) is 18.1 Å². The zero-order valence-electron chi connectivity index (χ0n) is 9.77. The van der Waals surface area contributed by atoms with Crippen molar-refractivity contribution < 1.29 is 9.59 Å². The number of aromatic nitrogens is 1. The fraction of sp³-hybridized carbons (Fsp3) is 0.417. The highest BCUT2D eigenvalue weighted by atomic mass is 16.2. The lowest BCUT2D eigenvalue weighted by Gasteiger charge is -2.25. The maximum absolute atomic E-state index is 11.2. The molecule has 2 amide bonds. The fourth-order valence-electron chi connectivity index (χ4n) is 1.96. The number of carbonyl (C=O) groups is 2. The molecule has 17 heavy (non-hydrogen) atoms. The fourth-order valence-corrected chi connectivity index (χ4v) is 1.96. The van der Waals surface area contributed by atoms with Gasteiger partial charge in [0.25, 0.3) is 0 Å². The molecule has 5 heteroatoms. The maximum Gasteiger partial charge on any atom is 0.240 e. The molecule has 0 atom stereocenters. The molecular weight excluding hydrogens is 218 g/mol. The summed E-state index contributed by atoms with van der Waals surface area (Å²) in [5, 5.41) is 2.28. The lowest BCUT2D eigenvalue weighted by molar-refractivity contribution is -0.136. The number of pyridine rings is 1. The van der Waals surface area contributed by atoms with E-state index in [1.165, 1.54) is 0 Å². The molecule has 1 N–H and O–H groups in total. The van der Waals surface area contributed by atoms with Crippen LogP contribution in [0.5, 0.6) is 0 Å². The Labute approximate surface area is 99.8 Å². The third-order valence-electron chi connectivity index (χ3n) is 2.75. The van der Waals surface area contributed by atoms with Gasteiger partial charge in [0.15, 0.2) is 0 Å². The molecule has 90 valence electrons. The minimum atomic E-state index is -0.241. The zero-order chi connectivity index (χ0) is 12.3. The Morgan fingerprint density at radius 1 is 1.35 bits per heavy atom. The lowest BCUT2D eigenvalue weighted by atomic mass is 10.1. The molecule has 5 nitrogen and oxygen atoms in total. The molecule has 2 heterocycles. The number of aryl methyl sites for hydroxylation is 1. The average molecular weight is 233 g/mol. The van der Waals surface area contributed by atoms with Gasteiger partial charge >= 0.3 is 0 Å². The molecule has 0 aromatic carbocycles. The topological polar surface area (TPSA) is 62.3 Å². The summed E-state index contributed by atoms with van der Waals surface area (Å²) in [5.74, 6) is -0.481. The number of carbonyl (C=O) groups excluding carboxylic acids is 2. The number of piperazine rings is 1. The first-order valence-electron chi connectivity index (χ1n) is 5.67. The van der Waals surface area contributed by atoms with Gasteiger partial charge in [-0.1, -0.05) is 13.0 Å². The van der Waals surface area contributed by atoms with E-state index in [1.54, 1.807) is 6.20 Å². The average Bonchev–Trinajstić information content (AvgIpc) is 2.28. The van der Waals surface area contributed by atoms with Gasteiger partial charge in [0, 0.05) is 12.7 Å². The Balaban J connectivity index is 2.09. The number of nitrogens with one attached hydrogen (secondary N) is 1. The summed E-state index contributed by atoms with van der Waals surface area (Å²) >= 11 is 0. The first kappa shape index (κ1) is 11.7. The van der Waals surface area contributed by atoms with Crippen LogP contribution in [0.3, 0.4) is 0 Å². The zero-order valence-corrected chi connectivity index (χ0v) is 9.77. The second kappa shape index (κ2) is 5.05. The largest absolute Gasteiger partial charge is 0.294 e. The van der Waals surface area contributed by atoms with Crippen molar-refractivity contribution >= 4 is 11.8 Å². The second-order valence-electron chi connectivity index (χ2n) is 4.08. The molecule has 1 aliphatic rings. The van der Waals surface area contributed by atoms with Crippen molar-refractivity contribution in [1.29, 1.82) is 0 Å². The summed E-state index contributed by atoms with van der Waals surface area (Å²) in [6.45, 7) is 3.12. The van der Waals surface area contributed by atoms with Crippen LogP contribution in [-0.2, 0) is 22.6 Å². The minimum absolute atomic E-state index is 0.241. The quantitative estimate of drug-likeness (QED) is 0.752. The Kier molecular flexibility index (Phi) is 3.49. The van der Waals surface area contributed by atoms with Crippen molar-refractivity contribution in [3.63, 3.8) is 0 Å². The van der Waals surface area contributed by atoms with E-state index in [1.807, 2.05) is 17.0 Å². The second-order valence-corrected chi connectivity index (χ2v) is 4.08. The van der Waals surface area contributed by atoms with E-state index in [4.69, 9.17) is 0 Å². The van der Waals surface area contributed by atoms with Crippen molar-refractivity contribution in [3.8, 4) is 0 Å². The van der Waals surface area contributed by atoms with Crippen LogP contribution in [-0.4, -0.2) is 34.8 Å². The van der Waals surface area contributed by atoms with E-state index < -0.39 is 0 Å². The summed E-state index contributed by atoms with van der Waals surface area (Å²) in [6, 6.07) is 3.92. The normalized spacial score (nSPS) is 17.0. The number of imide groups is 1. The summed E-state index contributed by atoms with van der Waals surface area (Å²) in [6.07, 6.45) is 2.64. The van der Waals surface area contributed by atoms with E-state index in [-0.39, 0.29) is 24.9 Å². The van der Waals surface area contributed by atoms with E-state index in [0.29, 0.717) is 6.54 Å². The van der Waals surface area contributed by atoms with Crippen molar-refractivity contribution in [3.05, 3.63) is 29.6 Å². The molecule has 0 radical (unpaired) electrons. The Bertz CT molecular complexity index is 429. The van der Waals surface area contributed by atoms with Gasteiger partial charge in [0.1, 0.15) is 0 Å². The standard InChI is InChI=1S/C12H15N3O2/c1-2-9-4-3-5-13-10(9)6-15-7-11(16)14-12(17)8-15/h3-5H,2,6-8H2,1H3,(H,14,16,17). The van der Waals surface area contributed by atoms with Gasteiger partial charge in [0.05, 0.1) is 18.8 Å². The first-order valence-corrected chi connectivity index (χ1v) is 5.67. The van der Waals surface area contributed by atoms with Gasteiger partial charge in [-0.2, -0.15) is 0 Å². The molecule has 0 bridgehead atoms. The highest BCUT2D eigenvalue weighted by Gasteiger charge is 2.23. The van der Waals surface area contributed by atoms with Crippen LogP contribution in [0, 0.1) is 0 Å². The van der Waals surface area contributed by atoms with Gasteiger partial charge in [-0.3, -0.25) is 24.8 Å². The molecule has 2 rings (SSSR count). The third kappa shape index (κ3) is 2.88. The van der Waals surface area contributed by atoms with Gasteiger partial charge in [-0.15, -0.1) is 0 Å². The predicted octanol–water partition coefficient (Wildman–Crippen LogP) is 0.102. The predicted molar refractivity (Wildman–Crippen MR) is 62.0 cm³/mol. The van der Waals surface area contributed by atoms with Crippen LogP contribution < -0.4 is 5.32 Å². The number of hydrogen-bond acceptors (Lipinski definition) is 4. The number of rotatable bonds is 3. The van der Waals surface area contributed by atoms with E-state index in [9.17, 15) is 9.59 Å². The molecule has 1 aliphatic heterocycles. The first-order chi connectivity index (χ1) is 8.19. The maximum atomic E-state index is 11.2. The highest BCUT2D eigenvalue weighted by molar-refractivity contribution is 5.99. The minimum Gasteiger partial charge on any atom is -0.294 e. The summed E-state index contributed by atoms with van der Waals surface area (Å²) < 4.78 is 0. The van der Waals surface area contributed by atoms with Crippen LogP contribution in [0.4, 0.5) is 0 Å². The van der Waals surface area contributed by atoms with Gasteiger partial charge in [0.2, 0.25) is 11.8 Å². The number of nitrogens with zero attached hydrogens (tertiary/aromatic N) is 2. The smallest absolute Gasteiger partial charge is 0.240 e. The Hall–Kier alpha value is -1.75.